The number of rotatable bonds is 4. The Hall–Kier alpha value is -3.22. The minimum atomic E-state index is -0.343. The summed E-state index contributed by atoms with van der Waals surface area (Å²) < 4.78 is 18.6. The number of carbonyl (C=O) groups is 1. The van der Waals surface area contributed by atoms with E-state index in [9.17, 15) is 14.0 Å². The largest absolute Gasteiger partial charge is 0.465 e. The maximum absolute atomic E-state index is 13.2. The number of fused-ring (bicyclic) bond motifs is 1. The Balaban J connectivity index is 1.47. The third-order valence-corrected chi connectivity index (χ3v) is 5.29. The van der Waals surface area contributed by atoms with Crippen molar-refractivity contribution in [3.8, 4) is 11.4 Å². The van der Waals surface area contributed by atoms with Crippen LogP contribution in [0.25, 0.3) is 11.4 Å². The molecule has 2 N–H and O–H groups in total. The molecule has 0 saturated carbocycles. The monoisotopic (exact) mass is 395 g/mol. The second-order valence-corrected chi connectivity index (χ2v) is 7.35. The van der Waals surface area contributed by atoms with Gasteiger partial charge in [0, 0.05) is 17.0 Å². The van der Waals surface area contributed by atoms with Crippen LogP contribution in [0.15, 0.2) is 45.6 Å². The predicted molar refractivity (Wildman–Crippen MR) is 106 cm³/mol. The highest BCUT2D eigenvalue weighted by Gasteiger charge is 2.25. The van der Waals surface area contributed by atoms with Gasteiger partial charge in [-0.05, 0) is 69.0 Å². The summed E-state index contributed by atoms with van der Waals surface area (Å²) >= 11 is 0. The fourth-order valence-electron chi connectivity index (χ4n) is 3.69. The molecule has 2 aromatic heterocycles. The van der Waals surface area contributed by atoms with Crippen molar-refractivity contribution in [2.24, 2.45) is 5.92 Å². The maximum Gasteiger partial charge on any atom is 0.254 e. The predicted octanol–water partition coefficient (Wildman–Crippen LogP) is 3.29. The Bertz CT molecular complexity index is 1090. The lowest BCUT2D eigenvalue weighted by Gasteiger charge is -2.13. The molecule has 1 aromatic carbocycles. The van der Waals surface area contributed by atoms with Crippen molar-refractivity contribution in [2.45, 2.75) is 39.2 Å². The highest BCUT2D eigenvalue weighted by Crippen LogP contribution is 2.24. The minimum absolute atomic E-state index is 0.0398. The van der Waals surface area contributed by atoms with Crippen LogP contribution in [0, 0.1) is 18.7 Å². The summed E-state index contributed by atoms with van der Waals surface area (Å²) in [4.78, 5) is 32.6. The molecule has 0 radical (unpaired) electrons. The van der Waals surface area contributed by atoms with E-state index >= 15 is 0 Å². The van der Waals surface area contributed by atoms with Gasteiger partial charge in [-0.15, -0.1) is 0 Å². The highest BCUT2D eigenvalue weighted by atomic mass is 19.1. The van der Waals surface area contributed by atoms with Gasteiger partial charge in [-0.1, -0.05) is 0 Å². The number of benzene rings is 1. The number of H-pyrrole nitrogens is 1. The van der Waals surface area contributed by atoms with Gasteiger partial charge in [-0.2, -0.15) is 0 Å². The van der Waals surface area contributed by atoms with Crippen LogP contribution in [-0.4, -0.2) is 15.9 Å². The summed E-state index contributed by atoms with van der Waals surface area (Å²) in [7, 11) is 0. The first-order valence-electron chi connectivity index (χ1n) is 9.70. The summed E-state index contributed by atoms with van der Waals surface area (Å²) in [5.74, 6) is 1.38. The number of aromatic amines is 1. The minimum Gasteiger partial charge on any atom is -0.465 e. The first-order chi connectivity index (χ1) is 14.0. The van der Waals surface area contributed by atoms with Gasteiger partial charge in [0.1, 0.15) is 23.2 Å². The number of hydrogen-bond donors (Lipinski definition) is 2. The van der Waals surface area contributed by atoms with E-state index in [0.29, 0.717) is 54.9 Å². The van der Waals surface area contributed by atoms with Gasteiger partial charge in [0.25, 0.3) is 5.56 Å². The normalized spacial score (nSPS) is 16.1. The molecule has 0 fully saturated rings. The summed E-state index contributed by atoms with van der Waals surface area (Å²) in [5.41, 5.74) is 1.80. The molecular weight excluding hydrogens is 373 g/mol. The van der Waals surface area contributed by atoms with Crippen molar-refractivity contribution in [3.05, 3.63) is 75.3 Å². The van der Waals surface area contributed by atoms with Crippen molar-refractivity contribution < 1.29 is 13.6 Å². The Kier molecular flexibility index (Phi) is 5.29. The van der Waals surface area contributed by atoms with Gasteiger partial charge >= 0.3 is 0 Å². The molecule has 6 nitrogen and oxygen atoms in total. The molecule has 1 unspecified atom stereocenters. The molecule has 7 heteroatoms. The van der Waals surface area contributed by atoms with Crippen molar-refractivity contribution >= 4 is 5.91 Å². The van der Waals surface area contributed by atoms with E-state index in [0.717, 1.165) is 11.5 Å². The molecule has 0 bridgehead atoms. The highest BCUT2D eigenvalue weighted by molar-refractivity contribution is 5.78. The molecule has 0 saturated heterocycles. The zero-order valence-corrected chi connectivity index (χ0v) is 16.1. The molecule has 1 aliphatic carbocycles. The first-order valence-corrected chi connectivity index (χ1v) is 9.70. The van der Waals surface area contributed by atoms with Gasteiger partial charge < -0.3 is 14.7 Å². The van der Waals surface area contributed by atoms with Gasteiger partial charge in [-0.3, -0.25) is 9.59 Å². The number of furan rings is 1. The van der Waals surface area contributed by atoms with E-state index in [4.69, 9.17) is 4.42 Å². The lowest BCUT2D eigenvalue weighted by atomic mass is 9.99. The van der Waals surface area contributed by atoms with Crippen molar-refractivity contribution in [1.82, 2.24) is 15.3 Å². The molecule has 0 spiro atoms. The van der Waals surface area contributed by atoms with E-state index in [1.54, 1.807) is 12.1 Å². The van der Waals surface area contributed by atoms with Crippen LogP contribution in [0.5, 0.6) is 0 Å². The average molecular weight is 395 g/mol. The number of nitrogens with zero attached hydrogens (tertiary/aromatic N) is 1. The van der Waals surface area contributed by atoms with E-state index in [1.165, 1.54) is 12.1 Å². The third-order valence-electron chi connectivity index (χ3n) is 5.29. The standard InChI is InChI=1S/C22H22FN3O3/c1-13-2-9-17(29-13)12-24-21(27)15-5-10-18-19(11-6-15)25-20(26-22(18)28)14-3-7-16(23)8-4-14/h2-4,7-9,15H,5-6,10-12H2,1H3,(H,24,27)(H,25,26,28). The molecule has 29 heavy (non-hydrogen) atoms. The summed E-state index contributed by atoms with van der Waals surface area (Å²) in [6, 6.07) is 9.55. The van der Waals surface area contributed by atoms with E-state index in [-0.39, 0.29) is 23.2 Å². The second-order valence-electron chi connectivity index (χ2n) is 7.35. The molecule has 150 valence electrons. The number of hydrogen-bond acceptors (Lipinski definition) is 4. The summed E-state index contributed by atoms with van der Waals surface area (Å²) in [6.07, 6.45) is 2.26. The molecule has 1 atom stereocenters. The fourth-order valence-corrected chi connectivity index (χ4v) is 3.69. The summed E-state index contributed by atoms with van der Waals surface area (Å²) in [6.45, 7) is 2.21. The molecule has 0 aliphatic heterocycles. The molecule has 1 aliphatic rings. The van der Waals surface area contributed by atoms with Crippen molar-refractivity contribution in [1.29, 1.82) is 0 Å². The Labute approximate surface area is 167 Å². The number of aryl methyl sites for hydroxylation is 2. The van der Waals surface area contributed by atoms with E-state index in [1.807, 2.05) is 19.1 Å². The zero-order chi connectivity index (χ0) is 20.4. The quantitative estimate of drug-likeness (QED) is 0.664. The van der Waals surface area contributed by atoms with Gasteiger partial charge in [0.15, 0.2) is 0 Å². The molecule has 1 amide bonds. The number of aromatic nitrogens is 2. The lowest BCUT2D eigenvalue weighted by molar-refractivity contribution is -0.125. The second kappa shape index (κ2) is 8.03. The van der Waals surface area contributed by atoms with Crippen LogP contribution in [-0.2, 0) is 24.2 Å². The molecular formula is C22H22FN3O3. The van der Waals surface area contributed by atoms with E-state index < -0.39 is 0 Å². The number of halogens is 1. The molecule has 3 aromatic rings. The number of nitrogens with one attached hydrogen (secondary N) is 2. The molecule has 2 heterocycles. The van der Waals surface area contributed by atoms with Gasteiger partial charge in [0.05, 0.1) is 12.2 Å². The van der Waals surface area contributed by atoms with Crippen LogP contribution >= 0.6 is 0 Å². The Morgan fingerprint density at radius 2 is 1.97 bits per heavy atom. The van der Waals surface area contributed by atoms with Crippen molar-refractivity contribution in [2.75, 3.05) is 0 Å². The van der Waals surface area contributed by atoms with Crippen LogP contribution in [0.2, 0.25) is 0 Å². The van der Waals surface area contributed by atoms with Gasteiger partial charge in [0.2, 0.25) is 5.91 Å². The van der Waals surface area contributed by atoms with Crippen LogP contribution in [0.4, 0.5) is 4.39 Å². The van der Waals surface area contributed by atoms with Crippen molar-refractivity contribution in [3.63, 3.8) is 0 Å². The third kappa shape index (κ3) is 4.29. The maximum atomic E-state index is 13.2. The van der Waals surface area contributed by atoms with E-state index in [2.05, 4.69) is 15.3 Å². The average Bonchev–Trinajstić information content (AvgIpc) is 3.00. The number of amides is 1. The fraction of sp³-hybridized carbons (Fsp3) is 0.318. The summed E-state index contributed by atoms with van der Waals surface area (Å²) in [5, 5.41) is 2.92. The SMILES string of the molecule is Cc1ccc(CNC(=O)C2CCc3nc(-c4ccc(F)cc4)[nH]c(=O)c3CC2)o1. The Morgan fingerprint density at radius 3 is 2.69 bits per heavy atom. The first kappa shape index (κ1) is 19.1. The number of carbonyl (C=O) groups excluding carboxylic acids is 1. The zero-order valence-electron chi connectivity index (χ0n) is 16.1. The smallest absolute Gasteiger partial charge is 0.254 e. The van der Waals surface area contributed by atoms with Crippen LogP contribution in [0.3, 0.4) is 0 Å². The molecule has 4 rings (SSSR count). The lowest BCUT2D eigenvalue weighted by Crippen LogP contribution is -2.30. The van der Waals surface area contributed by atoms with Crippen LogP contribution < -0.4 is 10.9 Å². The Morgan fingerprint density at radius 1 is 1.21 bits per heavy atom. The van der Waals surface area contributed by atoms with Gasteiger partial charge in [-0.25, -0.2) is 9.37 Å². The van der Waals surface area contributed by atoms with Crippen LogP contribution in [0.1, 0.15) is 35.6 Å². The topological polar surface area (TPSA) is 88.0 Å².